The summed E-state index contributed by atoms with van der Waals surface area (Å²) in [6.45, 7) is 2.09. The Bertz CT molecular complexity index is 281. The van der Waals surface area contributed by atoms with Crippen molar-refractivity contribution in [2.45, 2.75) is 44.6 Å². The first-order chi connectivity index (χ1) is 9.05. The molecule has 4 saturated carbocycles. The first-order valence-corrected chi connectivity index (χ1v) is 7.95. The highest BCUT2D eigenvalue weighted by atomic mass is 16.5. The molecule has 4 aliphatic rings. The molecular weight excluding hydrogens is 238 g/mol. The summed E-state index contributed by atoms with van der Waals surface area (Å²) in [5.41, 5.74) is 0.479. The molecule has 4 bridgehead atoms. The molecule has 3 nitrogen and oxygen atoms in total. The average Bonchev–Trinajstić information content (AvgIpc) is 2.25. The van der Waals surface area contributed by atoms with Crippen LogP contribution < -0.4 is 0 Å². The molecule has 0 amide bonds. The van der Waals surface area contributed by atoms with Crippen molar-refractivity contribution >= 4 is 0 Å². The monoisotopic (exact) mass is 267 g/mol. The van der Waals surface area contributed by atoms with Gasteiger partial charge in [-0.1, -0.05) is 0 Å². The van der Waals surface area contributed by atoms with Gasteiger partial charge in [0.25, 0.3) is 0 Å². The van der Waals surface area contributed by atoms with Crippen molar-refractivity contribution in [3.05, 3.63) is 0 Å². The summed E-state index contributed by atoms with van der Waals surface area (Å²) in [4.78, 5) is 2.01. The molecule has 0 aromatic rings. The second-order valence-corrected chi connectivity index (χ2v) is 7.85. The number of aliphatic hydroxyl groups excluding tert-OH is 1. The SMILES string of the molecule is CN(C)CC(O)COCC12CC3CC(CC(C3)C1)C2. The molecule has 4 rings (SSSR count). The number of aliphatic hydroxyl groups is 1. The molecule has 0 aliphatic heterocycles. The summed E-state index contributed by atoms with van der Waals surface area (Å²) >= 11 is 0. The smallest absolute Gasteiger partial charge is 0.0899 e. The van der Waals surface area contributed by atoms with E-state index in [2.05, 4.69) is 0 Å². The fourth-order valence-corrected chi connectivity index (χ4v) is 5.35. The van der Waals surface area contributed by atoms with Crippen LogP contribution in [0.2, 0.25) is 0 Å². The quantitative estimate of drug-likeness (QED) is 0.800. The lowest BCUT2D eigenvalue weighted by atomic mass is 9.50. The summed E-state index contributed by atoms with van der Waals surface area (Å²) in [6, 6.07) is 0. The van der Waals surface area contributed by atoms with Crippen molar-refractivity contribution in [3.8, 4) is 0 Å². The zero-order valence-electron chi connectivity index (χ0n) is 12.5. The Labute approximate surface area is 117 Å². The molecular formula is C16H29NO2. The van der Waals surface area contributed by atoms with Crippen LogP contribution in [-0.2, 0) is 4.74 Å². The van der Waals surface area contributed by atoms with E-state index in [1.807, 2.05) is 19.0 Å². The zero-order valence-corrected chi connectivity index (χ0v) is 12.5. The Morgan fingerprint density at radius 3 is 2.11 bits per heavy atom. The normalized spacial score (nSPS) is 42.0. The van der Waals surface area contributed by atoms with Crippen LogP contribution >= 0.6 is 0 Å². The largest absolute Gasteiger partial charge is 0.389 e. The highest BCUT2D eigenvalue weighted by Crippen LogP contribution is 2.59. The Balaban J connectivity index is 1.47. The van der Waals surface area contributed by atoms with Crippen molar-refractivity contribution < 1.29 is 9.84 Å². The minimum atomic E-state index is -0.344. The van der Waals surface area contributed by atoms with Gasteiger partial charge in [0.15, 0.2) is 0 Å². The molecule has 4 aliphatic carbocycles. The molecule has 0 spiro atoms. The van der Waals surface area contributed by atoms with Gasteiger partial charge in [-0.15, -0.1) is 0 Å². The van der Waals surface area contributed by atoms with Crippen LogP contribution in [0.25, 0.3) is 0 Å². The Kier molecular flexibility index (Phi) is 3.89. The predicted molar refractivity (Wildman–Crippen MR) is 76.0 cm³/mol. The van der Waals surface area contributed by atoms with Crippen molar-refractivity contribution in [3.63, 3.8) is 0 Å². The summed E-state index contributed by atoms with van der Waals surface area (Å²) in [7, 11) is 3.98. The zero-order chi connectivity index (χ0) is 13.5. The number of hydrogen-bond acceptors (Lipinski definition) is 3. The summed E-state index contributed by atoms with van der Waals surface area (Å²) in [5, 5.41) is 9.87. The molecule has 0 aromatic heterocycles. The van der Waals surface area contributed by atoms with Gasteiger partial charge in [-0.05, 0) is 75.8 Å². The Morgan fingerprint density at radius 1 is 1.11 bits per heavy atom. The Morgan fingerprint density at radius 2 is 1.63 bits per heavy atom. The van der Waals surface area contributed by atoms with E-state index in [0.717, 1.165) is 24.4 Å². The first kappa shape index (κ1) is 13.8. The van der Waals surface area contributed by atoms with Crippen molar-refractivity contribution in [2.24, 2.45) is 23.2 Å². The minimum Gasteiger partial charge on any atom is -0.389 e. The lowest BCUT2D eigenvalue weighted by Crippen LogP contribution is -2.48. The standard InChI is InChI=1S/C16H29NO2/c1-17(2)9-15(18)10-19-11-16-6-12-3-13(7-16)5-14(4-12)8-16/h12-15,18H,3-11H2,1-2H3. The van der Waals surface area contributed by atoms with Crippen molar-refractivity contribution in [1.29, 1.82) is 0 Å². The molecule has 0 heterocycles. The van der Waals surface area contributed by atoms with Gasteiger partial charge in [-0.25, -0.2) is 0 Å². The van der Waals surface area contributed by atoms with Crippen molar-refractivity contribution in [2.75, 3.05) is 33.9 Å². The van der Waals surface area contributed by atoms with Crippen LogP contribution in [0.15, 0.2) is 0 Å². The molecule has 0 aromatic carbocycles. The third-order valence-electron chi connectivity index (χ3n) is 5.46. The van der Waals surface area contributed by atoms with E-state index in [-0.39, 0.29) is 6.10 Å². The summed E-state index contributed by atoms with van der Waals surface area (Å²) in [6.07, 6.45) is 8.30. The number of hydrogen-bond donors (Lipinski definition) is 1. The molecule has 1 unspecified atom stereocenters. The molecule has 1 atom stereocenters. The van der Waals surface area contributed by atoms with Gasteiger partial charge in [-0.2, -0.15) is 0 Å². The van der Waals surface area contributed by atoms with E-state index < -0.39 is 0 Å². The van der Waals surface area contributed by atoms with Crippen LogP contribution in [0.1, 0.15) is 38.5 Å². The van der Waals surface area contributed by atoms with Gasteiger partial charge in [0, 0.05) is 6.54 Å². The van der Waals surface area contributed by atoms with Crippen LogP contribution in [0, 0.1) is 23.2 Å². The second-order valence-electron chi connectivity index (χ2n) is 7.85. The summed E-state index contributed by atoms with van der Waals surface area (Å²) < 4.78 is 5.90. The molecule has 1 N–H and O–H groups in total. The Hall–Kier alpha value is -0.120. The number of rotatable bonds is 6. The van der Waals surface area contributed by atoms with Gasteiger partial charge in [0.1, 0.15) is 0 Å². The third-order valence-corrected chi connectivity index (χ3v) is 5.46. The molecule has 19 heavy (non-hydrogen) atoms. The molecule has 3 heteroatoms. The van der Waals surface area contributed by atoms with Gasteiger partial charge in [0.05, 0.1) is 19.3 Å². The predicted octanol–water partition coefficient (Wildman–Crippen LogP) is 2.14. The fraction of sp³-hybridized carbons (Fsp3) is 1.00. The van der Waals surface area contributed by atoms with Gasteiger partial charge >= 0.3 is 0 Å². The number of ether oxygens (including phenoxy) is 1. The number of likely N-dealkylation sites (N-methyl/N-ethyl adjacent to an activating group) is 1. The highest BCUT2D eigenvalue weighted by molar-refractivity contribution is 5.01. The van der Waals surface area contributed by atoms with Gasteiger partial charge in [-0.3, -0.25) is 0 Å². The van der Waals surface area contributed by atoms with E-state index in [0.29, 0.717) is 18.6 Å². The van der Waals surface area contributed by atoms with Crippen LogP contribution in [0.5, 0.6) is 0 Å². The lowest BCUT2D eigenvalue weighted by Gasteiger charge is -2.56. The van der Waals surface area contributed by atoms with E-state index in [1.54, 1.807) is 0 Å². The third kappa shape index (κ3) is 3.14. The van der Waals surface area contributed by atoms with Gasteiger partial charge in [0.2, 0.25) is 0 Å². The maximum absolute atomic E-state index is 9.87. The number of nitrogens with zero attached hydrogens (tertiary/aromatic N) is 1. The highest BCUT2D eigenvalue weighted by Gasteiger charge is 2.50. The fourth-order valence-electron chi connectivity index (χ4n) is 5.35. The summed E-state index contributed by atoms with van der Waals surface area (Å²) in [5.74, 6) is 2.96. The van der Waals surface area contributed by atoms with E-state index in [4.69, 9.17) is 4.74 Å². The van der Waals surface area contributed by atoms with E-state index in [1.165, 1.54) is 38.5 Å². The second kappa shape index (κ2) is 5.34. The van der Waals surface area contributed by atoms with Crippen LogP contribution in [0.3, 0.4) is 0 Å². The molecule has 0 saturated heterocycles. The van der Waals surface area contributed by atoms with Gasteiger partial charge < -0.3 is 14.7 Å². The topological polar surface area (TPSA) is 32.7 Å². The van der Waals surface area contributed by atoms with E-state index >= 15 is 0 Å². The molecule has 0 radical (unpaired) electrons. The lowest BCUT2D eigenvalue weighted by molar-refractivity contribution is -0.106. The maximum atomic E-state index is 9.87. The van der Waals surface area contributed by atoms with Crippen molar-refractivity contribution in [1.82, 2.24) is 4.90 Å². The first-order valence-electron chi connectivity index (χ1n) is 7.95. The molecule has 4 fully saturated rings. The molecule has 110 valence electrons. The average molecular weight is 267 g/mol. The maximum Gasteiger partial charge on any atom is 0.0899 e. The van der Waals surface area contributed by atoms with E-state index in [9.17, 15) is 5.11 Å². The minimum absolute atomic E-state index is 0.344. The van der Waals surface area contributed by atoms with Crippen LogP contribution in [0.4, 0.5) is 0 Å². The van der Waals surface area contributed by atoms with Crippen LogP contribution in [-0.4, -0.2) is 50.0 Å².